The van der Waals surface area contributed by atoms with Gasteiger partial charge in [0.15, 0.2) is 18.1 Å². The van der Waals surface area contributed by atoms with Crippen molar-refractivity contribution in [2.45, 2.75) is 6.92 Å². The number of esters is 1. The van der Waals surface area contributed by atoms with Gasteiger partial charge in [-0.1, -0.05) is 6.07 Å². The van der Waals surface area contributed by atoms with E-state index in [0.717, 1.165) is 5.56 Å². The summed E-state index contributed by atoms with van der Waals surface area (Å²) in [5, 5.41) is 2.66. The topological polar surface area (TPSA) is 83.1 Å². The van der Waals surface area contributed by atoms with Gasteiger partial charge in [-0.25, -0.2) is 4.79 Å². The molecule has 26 heavy (non-hydrogen) atoms. The van der Waals surface area contributed by atoms with E-state index in [1.807, 2.05) is 13.0 Å². The standard InChI is InChI=1S/C19H21NO6/c1-12-5-7-15(23-2)14(9-12)20-18(21)11-26-19(22)13-6-8-16(24-3)17(10-13)25-4/h5-10H,11H2,1-4H3,(H,20,21). The zero-order chi connectivity index (χ0) is 19.1. The first-order valence-corrected chi connectivity index (χ1v) is 7.82. The third-order valence-electron chi connectivity index (χ3n) is 3.58. The average Bonchev–Trinajstić information content (AvgIpc) is 2.65. The highest BCUT2D eigenvalue weighted by Crippen LogP contribution is 2.28. The van der Waals surface area contributed by atoms with Crippen LogP contribution in [0.5, 0.6) is 17.2 Å². The Morgan fingerprint density at radius 2 is 1.54 bits per heavy atom. The third-order valence-corrected chi connectivity index (χ3v) is 3.58. The molecule has 0 saturated heterocycles. The number of carbonyl (C=O) groups is 2. The van der Waals surface area contributed by atoms with E-state index in [1.165, 1.54) is 33.5 Å². The van der Waals surface area contributed by atoms with Gasteiger partial charge in [-0.15, -0.1) is 0 Å². The molecular formula is C19H21NO6. The number of hydrogen-bond donors (Lipinski definition) is 1. The number of benzene rings is 2. The van der Waals surface area contributed by atoms with Crippen LogP contribution >= 0.6 is 0 Å². The minimum atomic E-state index is -0.641. The Kier molecular flexibility index (Phi) is 6.43. The molecule has 0 aliphatic heterocycles. The van der Waals surface area contributed by atoms with Gasteiger partial charge in [0.1, 0.15) is 5.75 Å². The molecule has 2 rings (SSSR count). The van der Waals surface area contributed by atoms with E-state index in [9.17, 15) is 9.59 Å². The van der Waals surface area contributed by atoms with Gasteiger partial charge < -0.3 is 24.3 Å². The second-order valence-corrected chi connectivity index (χ2v) is 5.40. The van der Waals surface area contributed by atoms with Gasteiger partial charge in [0, 0.05) is 0 Å². The summed E-state index contributed by atoms with van der Waals surface area (Å²) in [6, 6.07) is 10.00. The molecular weight excluding hydrogens is 338 g/mol. The Labute approximate surface area is 151 Å². The molecule has 0 atom stereocenters. The number of methoxy groups -OCH3 is 3. The molecule has 0 aromatic heterocycles. The van der Waals surface area contributed by atoms with Gasteiger partial charge in [-0.3, -0.25) is 4.79 Å². The number of rotatable bonds is 7. The number of anilines is 1. The number of carbonyl (C=O) groups excluding carboxylic acids is 2. The van der Waals surface area contributed by atoms with E-state index < -0.39 is 18.5 Å². The fourth-order valence-electron chi connectivity index (χ4n) is 2.28. The summed E-state index contributed by atoms with van der Waals surface area (Å²) in [5.74, 6) is 0.305. The summed E-state index contributed by atoms with van der Waals surface area (Å²) in [7, 11) is 4.48. The van der Waals surface area contributed by atoms with Crippen molar-refractivity contribution < 1.29 is 28.5 Å². The Hall–Kier alpha value is -3.22. The molecule has 0 spiro atoms. The van der Waals surface area contributed by atoms with Crippen molar-refractivity contribution in [1.29, 1.82) is 0 Å². The van der Waals surface area contributed by atoms with E-state index in [0.29, 0.717) is 22.9 Å². The van der Waals surface area contributed by atoms with Crippen molar-refractivity contribution in [2.75, 3.05) is 33.3 Å². The molecule has 0 unspecified atom stereocenters. The predicted octanol–water partition coefficient (Wildman–Crippen LogP) is 2.82. The normalized spacial score (nSPS) is 10.0. The van der Waals surface area contributed by atoms with Gasteiger partial charge in [0.2, 0.25) is 0 Å². The predicted molar refractivity (Wildman–Crippen MR) is 96.2 cm³/mol. The smallest absolute Gasteiger partial charge is 0.338 e. The van der Waals surface area contributed by atoms with Crippen molar-refractivity contribution in [3.05, 3.63) is 47.5 Å². The van der Waals surface area contributed by atoms with Crippen LogP contribution in [0.1, 0.15) is 15.9 Å². The van der Waals surface area contributed by atoms with Crippen LogP contribution in [0.3, 0.4) is 0 Å². The fraction of sp³-hybridized carbons (Fsp3) is 0.263. The maximum Gasteiger partial charge on any atom is 0.338 e. The lowest BCUT2D eigenvalue weighted by Gasteiger charge is -2.12. The summed E-state index contributed by atoms with van der Waals surface area (Å²) in [6.07, 6.45) is 0. The zero-order valence-electron chi connectivity index (χ0n) is 15.1. The van der Waals surface area contributed by atoms with Crippen LogP contribution in [0.25, 0.3) is 0 Å². The monoisotopic (exact) mass is 359 g/mol. The van der Waals surface area contributed by atoms with E-state index in [-0.39, 0.29) is 5.56 Å². The number of aryl methyl sites for hydroxylation is 1. The molecule has 7 nitrogen and oxygen atoms in total. The first kappa shape index (κ1) is 19.1. The molecule has 0 saturated carbocycles. The first-order chi connectivity index (χ1) is 12.5. The van der Waals surface area contributed by atoms with Crippen molar-refractivity contribution in [3.63, 3.8) is 0 Å². The fourth-order valence-corrected chi connectivity index (χ4v) is 2.28. The number of amides is 1. The van der Waals surface area contributed by atoms with Crippen molar-refractivity contribution in [1.82, 2.24) is 0 Å². The molecule has 0 radical (unpaired) electrons. The number of nitrogens with one attached hydrogen (secondary N) is 1. The number of hydrogen-bond acceptors (Lipinski definition) is 6. The molecule has 2 aromatic carbocycles. The van der Waals surface area contributed by atoms with E-state index in [4.69, 9.17) is 18.9 Å². The van der Waals surface area contributed by atoms with Crippen LogP contribution in [0.4, 0.5) is 5.69 Å². The van der Waals surface area contributed by atoms with Crippen molar-refractivity contribution in [2.24, 2.45) is 0 Å². The van der Waals surface area contributed by atoms with Crippen LogP contribution in [0.15, 0.2) is 36.4 Å². The maximum absolute atomic E-state index is 12.1. The van der Waals surface area contributed by atoms with E-state index in [1.54, 1.807) is 18.2 Å². The van der Waals surface area contributed by atoms with Gasteiger partial charge >= 0.3 is 5.97 Å². The molecule has 138 valence electrons. The van der Waals surface area contributed by atoms with Gasteiger partial charge in [0.25, 0.3) is 5.91 Å². The maximum atomic E-state index is 12.1. The van der Waals surface area contributed by atoms with E-state index in [2.05, 4.69) is 5.32 Å². The molecule has 1 N–H and O–H groups in total. The van der Waals surface area contributed by atoms with Gasteiger partial charge in [-0.2, -0.15) is 0 Å². The molecule has 0 aliphatic carbocycles. The lowest BCUT2D eigenvalue weighted by Crippen LogP contribution is -2.21. The highest BCUT2D eigenvalue weighted by molar-refractivity contribution is 5.96. The highest BCUT2D eigenvalue weighted by Gasteiger charge is 2.14. The lowest BCUT2D eigenvalue weighted by atomic mass is 10.2. The summed E-state index contributed by atoms with van der Waals surface area (Å²) in [5.41, 5.74) is 1.73. The average molecular weight is 359 g/mol. The first-order valence-electron chi connectivity index (χ1n) is 7.82. The summed E-state index contributed by atoms with van der Waals surface area (Å²) in [6.45, 7) is 1.47. The SMILES string of the molecule is COc1ccc(C)cc1NC(=O)COC(=O)c1ccc(OC)c(OC)c1. The summed E-state index contributed by atoms with van der Waals surface area (Å²) < 4.78 is 20.5. The zero-order valence-corrected chi connectivity index (χ0v) is 15.1. The van der Waals surface area contributed by atoms with Crippen LogP contribution in [0.2, 0.25) is 0 Å². The quantitative estimate of drug-likeness (QED) is 0.766. The Morgan fingerprint density at radius 3 is 2.19 bits per heavy atom. The largest absolute Gasteiger partial charge is 0.495 e. The lowest BCUT2D eigenvalue weighted by molar-refractivity contribution is -0.119. The Balaban J connectivity index is 1.99. The van der Waals surface area contributed by atoms with Gasteiger partial charge in [0.05, 0.1) is 32.6 Å². The number of ether oxygens (including phenoxy) is 4. The van der Waals surface area contributed by atoms with Crippen LogP contribution in [0, 0.1) is 6.92 Å². The second-order valence-electron chi connectivity index (χ2n) is 5.40. The summed E-state index contributed by atoms with van der Waals surface area (Å²) >= 11 is 0. The second kappa shape index (κ2) is 8.75. The molecule has 0 bridgehead atoms. The van der Waals surface area contributed by atoms with Crippen molar-refractivity contribution >= 4 is 17.6 Å². The van der Waals surface area contributed by atoms with Gasteiger partial charge in [-0.05, 0) is 42.8 Å². The highest BCUT2D eigenvalue weighted by atomic mass is 16.5. The Bertz CT molecular complexity index is 803. The molecule has 0 heterocycles. The summed E-state index contributed by atoms with van der Waals surface area (Å²) in [4.78, 5) is 24.2. The molecule has 7 heteroatoms. The molecule has 0 fully saturated rings. The third kappa shape index (κ3) is 4.66. The van der Waals surface area contributed by atoms with Crippen LogP contribution in [-0.4, -0.2) is 39.8 Å². The molecule has 1 amide bonds. The van der Waals surface area contributed by atoms with Crippen LogP contribution < -0.4 is 19.5 Å². The minimum Gasteiger partial charge on any atom is -0.495 e. The Morgan fingerprint density at radius 1 is 0.885 bits per heavy atom. The minimum absolute atomic E-state index is 0.253. The molecule has 2 aromatic rings. The van der Waals surface area contributed by atoms with Crippen LogP contribution in [-0.2, 0) is 9.53 Å². The van der Waals surface area contributed by atoms with Crippen molar-refractivity contribution in [3.8, 4) is 17.2 Å². The van der Waals surface area contributed by atoms with E-state index >= 15 is 0 Å². The molecule has 0 aliphatic rings.